The molecule has 0 bridgehead atoms. The molecule has 0 fully saturated rings. The van der Waals surface area contributed by atoms with Gasteiger partial charge >= 0.3 is 5.97 Å². The molecule has 0 aliphatic carbocycles. The van der Waals surface area contributed by atoms with Gasteiger partial charge in [0, 0.05) is 0 Å². The van der Waals surface area contributed by atoms with Crippen molar-refractivity contribution in [2.75, 3.05) is 0 Å². The van der Waals surface area contributed by atoms with Gasteiger partial charge < -0.3 is 10.8 Å². The zero-order valence-corrected chi connectivity index (χ0v) is 9.31. The van der Waals surface area contributed by atoms with Crippen LogP contribution in [0.15, 0.2) is 24.3 Å². The fraction of sp³-hybridized carbons (Fsp3) is 0.333. The molecule has 0 unspecified atom stereocenters. The molecule has 1 aromatic rings. The second-order valence-electron chi connectivity index (χ2n) is 4.05. The van der Waals surface area contributed by atoms with Gasteiger partial charge in [0.25, 0.3) is 0 Å². The quantitative estimate of drug-likeness (QED) is 0.810. The lowest BCUT2D eigenvalue weighted by Gasteiger charge is -2.17. The molecular formula is C12H15NO3. The molecule has 0 spiro atoms. The average Bonchev–Trinajstić information content (AvgIpc) is 2.17. The lowest BCUT2D eigenvalue weighted by molar-refractivity contribution is -0.120. The first kappa shape index (κ1) is 12.2. The van der Waals surface area contributed by atoms with Gasteiger partial charge in [0.15, 0.2) is 0 Å². The highest BCUT2D eigenvalue weighted by Crippen LogP contribution is 2.24. The summed E-state index contributed by atoms with van der Waals surface area (Å²) in [6, 6.07) is 6.24. The Hall–Kier alpha value is -1.84. The third-order valence-corrected chi connectivity index (χ3v) is 2.49. The molecule has 4 heteroatoms. The van der Waals surface area contributed by atoms with Crippen LogP contribution in [0.3, 0.4) is 0 Å². The van der Waals surface area contributed by atoms with Crippen LogP contribution in [-0.4, -0.2) is 17.0 Å². The summed E-state index contributed by atoms with van der Waals surface area (Å²) in [5.74, 6) is -1.65. The Labute approximate surface area is 94.1 Å². The highest BCUT2D eigenvalue weighted by atomic mass is 16.4. The summed E-state index contributed by atoms with van der Waals surface area (Å²) in [6.07, 6.45) is 0. The standard InChI is InChI=1S/C12H15NO3/c1-7(2)10(11(13)14)8-3-5-9(6-4-8)12(15)16/h3-7,10H,1-2H3,(H2,13,14)(H,15,16)/t10-/m1/s1. The molecular weight excluding hydrogens is 206 g/mol. The van der Waals surface area contributed by atoms with Crippen molar-refractivity contribution in [1.29, 1.82) is 0 Å². The minimum atomic E-state index is -0.980. The third kappa shape index (κ3) is 2.59. The predicted octanol–water partition coefficient (Wildman–Crippen LogP) is 1.61. The maximum Gasteiger partial charge on any atom is 0.335 e. The van der Waals surface area contributed by atoms with Crippen LogP contribution >= 0.6 is 0 Å². The highest BCUT2D eigenvalue weighted by molar-refractivity contribution is 5.88. The Kier molecular flexibility index (Phi) is 3.66. The summed E-state index contributed by atoms with van der Waals surface area (Å²) in [5, 5.41) is 8.74. The van der Waals surface area contributed by atoms with Crippen LogP contribution < -0.4 is 5.73 Å². The van der Waals surface area contributed by atoms with Crippen molar-refractivity contribution in [3.05, 3.63) is 35.4 Å². The molecule has 1 atom stereocenters. The maximum absolute atomic E-state index is 11.3. The Balaban J connectivity index is 3.03. The van der Waals surface area contributed by atoms with Gasteiger partial charge in [-0.2, -0.15) is 0 Å². The summed E-state index contributed by atoms with van der Waals surface area (Å²) in [5.41, 5.74) is 6.27. The van der Waals surface area contributed by atoms with E-state index in [4.69, 9.17) is 10.8 Å². The molecule has 1 rings (SSSR count). The lowest BCUT2D eigenvalue weighted by Crippen LogP contribution is -2.25. The van der Waals surface area contributed by atoms with Crippen LogP contribution in [0.4, 0.5) is 0 Å². The molecule has 16 heavy (non-hydrogen) atoms. The minimum absolute atomic E-state index is 0.0909. The van der Waals surface area contributed by atoms with Gasteiger partial charge in [-0.15, -0.1) is 0 Å². The van der Waals surface area contributed by atoms with Gasteiger partial charge in [0.1, 0.15) is 0 Å². The van der Waals surface area contributed by atoms with Gasteiger partial charge in [0.05, 0.1) is 11.5 Å². The van der Waals surface area contributed by atoms with Gasteiger partial charge in [0.2, 0.25) is 5.91 Å². The first-order valence-corrected chi connectivity index (χ1v) is 5.06. The number of benzene rings is 1. The summed E-state index contributed by atoms with van der Waals surface area (Å²) < 4.78 is 0. The van der Waals surface area contributed by atoms with Crippen molar-refractivity contribution in [1.82, 2.24) is 0 Å². The SMILES string of the molecule is CC(C)[C@@H](C(N)=O)c1ccc(C(=O)O)cc1. The van der Waals surface area contributed by atoms with Gasteiger partial charge in [-0.3, -0.25) is 4.79 Å². The molecule has 0 aromatic heterocycles. The number of carboxylic acids is 1. The number of carbonyl (C=O) groups is 2. The number of carboxylic acid groups (broad SMARTS) is 1. The molecule has 0 heterocycles. The van der Waals surface area contributed by atoms with Crippen molar-refractivity contribution in [2.45, 2.75) is 19.8 Å². The van der Waals surface area contributed by atoms with E-state index in [1.807, 2.05) is 13.8 Å². The average molecular weight is 221 g/mol. The van der Waals surface area contributed by atoms with Crippen molar-refractivity contribution in [3.8, 4) is 0 Å². The van der Waals surface area contributed by atoms with Crippen molar-refractivity contribution in [2.24, 2.45) is 11.7 Å². The number of carbonyl (C=O) groups excluding carboxylic acids is 1. The summed E-state index contributed by atoms with van der Waals surface area (Å²) in [6.45, 7) is 3.81. The zero-order valence-electron chi connectivity index (χ0n) is 9.31. The van der Waals surface area contributed by atoms with E-state index < -0.39 is 11.9 Å². The fourth-order valence-electron chi connectivity index (χ4n) is 1.71. The molecule has 4 nitrogen and oxygen atoms in total. The van der Waals surface area contributed by atoms with Crippen LogP contribution in [0.5, 0.6) is 0 Å². The summed E-state index contributed by atoms with van der Waals surface area (Å²) in [4.78, 5) is 21.9. The van der Waals surface area contributed by atoms with E-state index in [-0.39, 0.29) is 17.4 Å². The molecule has 0 saturated heterocycles. The summed E-state index contributed by atoms with van der Waals surface area (Å²) in [7, 11) is 0. The Morgan fingerprint density at radius 3 is 2.00 bits per heavy atom. The predicted molar refractivity (Wildman–Crippen MR) is 60.2 cm³/mol. The van der Waals surface area contributed by atoms with Crippen LogP contribution in [0, 0.1) is 5.92 Å². The number of aromatic carboxylic acids is 1. The minimum Gasteiger partial charge on any atom is -0.478 e. The van der Waals surface area contributed by atoms with Crippen molar-refractivity contribution >= 4 is 11.9 Å². The number of rotatable bonds is 4. The van der Waals surface area contributed by atoms with Crippen LogP contribution in [0.2, 0.25) is 0 Å². The molecule has 1 aromatic carbocycles. The zero-order chi connectivity index (χ0) is 12.3. The molecule has 1 amide bonds. The number of amides is 1. The van der Waals surface area contributed by atoms with Crippen molar-refractivity contribution in [3.63, 3.8) is 0 Å². The number of hydrogen-bond donors (Lipinski definition) is 2. The lowest BCUT2D eigenvalue weighted by atomic mass is 9.87. The van der Waals surface area contributed by atoms with Crippen LogP contribution in [0.25, 0.3) is 0 Å². The number of primary amides is 1. The van der Waals surface area contributed by atoms with E-state index in [2.05, 4.69) is 0 Å². The fourth-order valence-corrected chi connectivity index (χ4v) is 1.71. The van der Waals surface area contributed by atoms with E-state index in [1.54, 1.807) is 12.1 Å². The topological polar surface area (TPSA) is 80.4 Å². The van der Waals surface area contributed by atoms with Gasteiger partial charge in [-0.1, -0.05) is 26.0 Å². The highest BCUT2D eigenvalue weighted by Gasteiger charge is 2.21. The number of nitrogens with two attached hydrogens (primary N) is 1. The molecule has 3 N–H and O–H groups in total. The molecule has 0 aliphatic rings. The normalized spacial score (nSPS) is 12.4. The Morgan fingerprint density at radius 1 is 1.19 bits per heavy atom. The van der Waals surface area contributed by atoms with Crippen LogP contribution in [-0.2, 0) is 4.79 Å². The largest absolute Gasteiger partial charge is 0.478 e. The Morgan fingerprint density at radius 2 is 1.69 bits per heavy atom. The molecule has 0 radical (unpaired) electrons. The van der Waals surface area contributed by atoms with E-state index in [0.29, 0.717) is 0 Å². The number of hydrogen-bond acceptors (Lipinski definition) is 2. The monoisotopic (exact) mass is 221 g/mol. The first-order chi connectivity index (χ1) is 7.43. The second kappa shape index (κ2) is 4.79. The molecule has 0 aliphatic heterocycles. The van der Waals surface area contributed by atoms with Gasteiger partial charge in [-0.05, 0) is 23.6 Å². The van der Waals surface area contributed by atoms with Gasteiger partial charge in [-0.25, -0.2) is 4.79 Å². The maximum atomic E-state index is 11.3. The Bertz CT molecular complexity index is 395. The van der Waals surface area contributed by atoms with Crippen LogP contribution in [0.1, 0.15) is 35.7 Å². The van der Waals surface area contributed by atoms with E-state index in [9.17, 15) is 9.59 Å². The molecule has 86 valence electrons. The van der Waals surface area contributed by atoms with E-state index in [0.717, 1.165) is 5.56 Å². The third-order valence-electron chi connectivity index (χ3n) is 2.49. The molecule has 0 saturated carbocycles. The summed E-state index contributed by atoms with van der Waals surface area (Å²) >= 11 is 0. The van der Waals surface area contributed by atoms with E-state index >= 15 is 0 Å². The van der Waals surface area contributed by atoms with E-state index in [1.165, 1.54) is 12.1 Å². The van der Waals surface area contributed by atoms with Crippen molar-refractivity contribution < 1.29 is 14.7 Å². The second-order valence-corrected chi connectivity index (χ2v) is 4.05. The first-order valence-electron chi connectivity index (χ1n) is 5.06. The smallest absolute Gasteiger partial charge is 0.335 e.